The van der Waals surface area contributed by atoms with E-state index in [4.69, 9.17) is 4.74 Å². The van der Waals surface area contributed by atoms with E-state index in [2.05, 4.69) is 28.2 Å². The molecule has 0 atom stereocenters. The molecule has 4 aromatic rings. The van der Waals surface area contributed by atoms with E-state index in [1.54, 1.807) is 6.08 Å². The molecule has 0 aliphatic rings. The molecule has 1 aromatic heterocycles. The molecular formula is C26H26N4O2S. The van der Waals surface area contributed by atoms with E-state index in [-0.39, 0.29) is 18.3 Å². The number of ether oxygens (including phenoxy) is 1. The molecule has 1 heterocycles. The molecular weight excluding hydrogens is 432 g/mol. The van der Waals surface area contributed by atoms with E-state index in [0.29, 0.717) is 17.5 Å². The number of allylic oxidation sites excluding steroid dienone is 1. The number of hydrogen-bond donors (Lipinski definition) is 1. The van der Waals surface area contributed by atoms with Crippen LogP contribution in [0.1, 0.15) is 17.0 Å². The van der Waals surface area contributed by atoms with Gasteiger partial charge < -0.3 is 10.1 Å². The minimum absolute atomic E-state index is 0.0995. The van der Waals surface area contributed by atoms with E-state index >= 15 is 0 Å². The van der Waals surface area contributed by atoms with Crippen molar-refractivity contribution in [3.8, 4) is 5.75 Å². The largest absolute Gasteiger partial charge is 0.486 e. The molecule has 7 heteroatoms. The summed E-state index contributed by atoms with van der Waals surface area (Å²) >= 11 is 1.34. The lowest BCUT2D eigenvalue weighted by molar-refractivity contribution is -0.113. The number of rotatable bonds is 9. The van der Waals surface area contributed by atoms with Crippen LogP contribution in [0.4, 0.5) is 5.69 Å². The molecule has 0 bridgehead atoms. The third-order valence-electron chi connectivity index (χ3n) is 5.06. The first kappa shape index (κ1) is 22.6. The summed E-state index contributed by atoms with van der Waals surface area (Å²) in [5.41, 5.74) is 3.09. The van der Waals surface area contributed by atoms with Gasteiger partial charge in [-0.2, -0.15) is 0 Å². The molecule has 0 aliphatic carbocycles. The average Bonchev–Trinajstić information content (AvgIpc) is 3.18. The van der Waals surface area contributed by atoms with Gasteiger partial charge in [0, 0.05) is 17.6 Å². The first-order valence-corrected chi connectivity index (χ1v) is 11.7. The van der Waals surface area contributed by atoms with Gasteiger partial charge >= 0.3 is 0 Å². The van der Waals surface area contributed by atoms with Crippen molar-refractivity contribution < 1.29 is 9.53 Å². The van der Waals surface area contributed by atoms with Crippen LogP contribution in [0.2, 0.25) is 0 Å². The molecule has 6 nitrogen and oxygen atoms in total. The van der Waals surface area contributed by atoms with Gasteiger partial charge in [-0.05, 0) is 48.6 Å². The maximum absolute atomic E-state index is 12.6. The Kier molecular flexibility index (Phi) is 7.10. The number of amides is 1. The lowest BCUT2D eigenvalue weighted by atomic mass is 10.1. The summed E-state index contributed by atoms with van der Waals surface area (Å²) < 4.78 is 7.88. The quantitative estimate of drug-likeness (QED) is 0.263. The molecule has 0 fully saturated rings. The number of aromatic nitrogens is 3. The minimum atomic E-state index is -0.0995. The smallest absolute Gasteiger partial charge is 0.234 e. The fourth-order valence-electron chi connectivity index (χ4n) is 3.66. The third kappa shape index (κ3) is 5.62. The molecule has 4 rings (SSSR count). The maximum atomic E-state index is 12.6. The number of hydrogen-bond acceptors (Lipinski definition) is 5. The van der Waals surface area contributed by atoms with Crippen molar-refractivity contribution in [3.05, 3.63) is 90.3 Å². The highest BCUT2D eigenvalue weighted by molar-refractivity contribution is 7.99. The topological polar surface area (TPSA) is 69.0 Å². The Hall–Kier alpha value is -3.58. The van der Waals surface area contributed by atoms with Crippen LogP contribution in [-0.2, 0) is 17.9 Å². The first-order chi connectivity index (χ1) is 16.0. The standard InChI is InChI=1S/C26H26N4O2S/c1-4-12-30-24(16-32-21-14-18(2)13-19(3)15-21)28-29-26(30)33-17-25(31)27-23-11-7-9-20-8-5-6-10-22(20)23/h4-11,13-15H,1,12,16-17H2,2-3H3,(H,27,31). The van der Waals surface area contributed by atoms with Gasteiger partial charge in [0.05, 0.1) is 5.75 Å². The van der Waals surface area contributed by atoms with Crippen LogP contribution in [-0.4, -0.2) is 26.4 Å². The normalized spacial score (nSPS) is 10.8. The highest BCUT2D eigenvalue weighted by Gasteiger charge is 2.15. The summed E-state index contributed by atoms with van der Waals surface area (Å²) in [6.45, 7) is 8.73. The highest BCUT2D eigenvalue weighted by atomic mass is 32.2. The summed E-state index contributed by atoms with van der Waals surface area (Å²) in [6, 6.07) is 19.9. The second-order valence-corrected chi connectivity index (χ2v) is 8.72. The Balaban J connectivity index is 1.41. The second-order valence-electron chi connectivity index (χ2n) is 7.77. The number of anilines is 1. The van der Waals surface area contributed by atoms with Crippen molar-refractivity contribution in [2.24, 2.45) is 0 Å². The monoisotopic (exact) mass is 458 g/mol. The van der Waals surface area contributed by atoms with Crippen LogP contribution < -0.4 is 10.1 Å². The Bertz CT molecular complexity index is 1270. The lowest BCUT2D eigenvalue weighted by Crippen LogP contribution is -2.15. The van der Waals surface area contributed by atoms with Crippen LogP contribution in [0, 0.1) is 13.8 Å². The van der Waals surface area contributed by atoms with Crippen molar-refractivity contribution in [1.29, 1.82) is 0 Å². The Morgan fingerprint density at radius 3 is 2.64 bits per heavy atom. The molecule has 0 saturated heterocycles. The number of nitrogens with one attached hydrogen (secondary N) is 1. The zero-order valence-corrected chi connectivity index (χ0v) is 19.6. The van der Waals surface area contributed by atoms with Gasteiger partial charge in [0.25, 0.3) is 0 Å². The van der Waals surface area contributed by atoms with Crippen molar-refractivity contribution in [1.82, 2.24) is 14.8 Å². The van der Waals surface area contributed by atoms with Gasteiger partial charge in [-0.1, -0.05) is 60.3 Å². The van der Waals surface area contributed by atoms with Gasteiger partial charge in [-0.25, -0.2) is 0 Å². The van der Waals surface area contributed by atoms with E-state index in [1.165, 1.54) is 11.8 Å². The Labute approximate surface area is 197 Å². The number of carbonyl (C=O) groups excluding carboxylic acids is 1. The number of carbonyl (C=O) groups is 1. The molecule has 0 aliphatic heterocycles. The fraction of sp³-hybridized carbons (Fsp3) is 0.192. The van der Waals surface area contributed by atoms with Crippen LogP contribution in [0.3, 0.4) is 0 Å². The van der Waals surface area contributed by atoms with Crippen molar-refractivity contribution in [3.63, 3.8) is 0 Å². The number of aryl methyl sites for hydroxylation is 2. The summed E-state index contributed by atoms with van der Waals surface area (Å²) in [5, 5.41) is 14.3. The van der Waals surface area contributed by atoms with Gasteiger partial charge in [0.2, 0.25) is 5.91 Å². The van der Waals surface area contributed by atoms with E-state index < -0.39 is 0 Å². The summed E-state index contributed by atoms with van der Waals surface area (Å²) in [4.78, 5) is 12.6. The molecule has 0 radical (unpaired) electrons. The van der Waals surface area contributed by atoms with Gasteiger partial charge in [0.1, 0.15) is 12.4 Å². The minimum Gasteiger partial charge on any atom is -0.486 e. The van der Waals surface area contributed by atoms with Gasteiger partial charge in [-0.3, -0.25) is 9.36 Å². The Morgan fingerprint density at radius 1 is 1.09 bits per heavy atom. The van der Waals surface area contributed by atoms with E-state index in [9.17, 15) is 4.79 Å². The van der Waals surface area contributed by atoms with Crippen molar-refractivity contribution >= 4 is 34.1 Å². The number of thioether (sulfide) groups is 1. The van der Waals surface area contributed by atoms with Crippen molar-refractivity contribution in [2.75, 3.05) is 11.1 Å². The first-order valence-electron chi connectivity index (χ1n) is 10.7. The molecule has 3 aromatic carbocycles. The summed E-state index contributed by atoms with van der Waals surface area (Å²) in [7, 11) is 0. The number of nitrogens with zero attached hydrogens (tertiary/aromatic N) is 3. The predicted octanol–water partition coefficient (Wildman–Crippen LogP) is 5.54. The van der Waals surface area contributed by atoms with Crippen LogP contribution in [0.15, 0.2) is 78.5 Å². The summed E-state index contributed by atoms with van der Waals surface area (Å²) in [5.74, 6) is 1.60. The molecule has 0 unspecified atom stereocenters. The summed E-state index contributed by atoms with van der Waals surface area (Å²) in [6.07, 6.45) is 1.78. The van der Waals surface area contributed by atoms with Crippen LogP contribution in [0.25, 0.3) is 10.8 Å². The molecule has 33 heavy (non-hydrogen) atoms. The SMILES string of the molecule is C=CCn1c(COc2cc(C)cc(C)c2)nnc1SCC(=O)Nc1cccc2ccccc12. The van der Waals surface area contributed by atoms with Gasteiger partial charge in [0.15, 0.2) is 11.0 Å². The van der Waals surface area contributed by atoms with Crippen molar-refractivity contribution in [2.45, 2.75) is 32.2 Å². The van der Waals surface area contributed by atoms with E-state index in [0.717, 1.165) is 33.3 Å². The Morgan fingerprint density at radius 2 is 1.85 bits per heavy atom. The number of benzene rings is 3. The van der Waals surface area contributed by atoms with E-state index in [1.807, 2.05) is 73.0 Å². The predicted molar refractivity (Wildman–Crippen MR) is 134 cm³/mol. The van der Waals surface area contributed by atoms with Crippen LogP contribution in [0.5, 0.6) is 5.75 Å². The van der Waals surface area contributed by atoms with Crippen LogP contribution >= 0.6 is 11.8 Å². The number of fused-ring (bicyclic) bond motifs is 1. The molecule has 1 N–H and O–H groups in total. The maximum Gasteiger partial charge on any atom is 0.234 e. The zero-order chi connectivity index (χ0) is 23.2. The molecule has 0 saturated carbocycles. The zero-order valence-electron chi connectivity index (χ0n) is 18.7. The lowest BCUT2D eigenvalue weighted by Gasteiger charge is -2.11. The van der Waals surface area contributed by atoms with Gasteiger partial charge in [-0.15, -0.1) is 16.8 Å². The fourth-order valence-corrected chi connectivity index (χ4v) is 4.43. The highest BCUT2D eigenvalue weighted by Crippen LogP contribution is 2.24. The molecule has 0 spiro atoms. The average molecular weight is 459 g/mol. The third-order valence-corrected chi connectivity index (χ3v) is 6.03. The molecule has 1 amide bonds. The second kappa shape index (κ2) is 10.4. The molecule has 168 valence electrons.